The summed E-state index contributed by atoms with van der Waals surface area (Å²) in [4.78, 5) is 14.0. The molecule has 3 heterocycles. The summed E-state index contributed by atoms with van der Waals surface area (Å²) in [5.41, 5.74) is -0.184. The highest BCUT2D eigenvalue weighted by atomic mass is 19.4. The summed E-state index contributed by atoms with van der Waals surface area (Å²) in [6.07, 6.45) is 0.217. The van der Waals surface area contributed by atoms with E-state index < -0.39 is 17.6 Å². The first-order valence-corrected chi connectivity index (χ1v) is 9.83. The fraction of sp³-hybridized carbons (Fsp3) is 0.381. The number of pyridine rings is 1. The average molecular weight is 419 g/mol. The molecule has 0 saturated carbocycles. The lowest BCUT2D eigenvalue weighted by Gasteiger charge is -2.33. The largest absolute Gasteiger partial charge is 0.417 e. The summed E-state index contributed by atoms with van der Waals surface area (Å²) in [6.45, 7) is 1.88. The van der Waals surface area contributed by atoms with Crippen LogP contribution in [0.5, 0.6) is 0 Å². The number of piperidine rings is 1. The van der Waals surface area contributed by atoms with Crippen LogP contribution in [0, 0.1) is 11.7 Å². The maximum Gasteiger partial charge on any atom is 0.417 e. The topological polar surface area (TPSA) is 53.9 Å². The second-order valence-corrected chi connectivity index (χ2v) is 7.41. The number of para-hydroxylation sites is 1. The monoisotopic (exact) mass is 419 g/mol. The number of benzene rings is 1. The SMILES string of the molecule is Fc1cc(C(F)(F)F)cnc1N1CCC(CCNc2ncnc3ccccc23)CC1. The van der Waals surface area contributed by atoms with Crippen molar-refractivity contribution in [2.24, 2.45) is 5.92 Å². The van der Waals surface area contributed by atoms with Crippen LogP contribution in [0.2, 0.25) is 0 Å². The Hall–Kier alpha value is -2.97. The molecule has 1 aliphatic heterocycles. The van der Waals surface area contributed by atoms with Crippen LogP contribution >= 0.6 is 0 Å². The van der Waals surface area contributed by atoms with Gasteiger partial charge in [0.2, 0.25) is 0 Å². The molecule has 2 aromatic heterocycles. The van der Waals surface area contributed by atoms with E-state index in [4.69, 9.17) is 0 Å². The minimum Gasteiger partial charge on any atom is -0.369 e. The number of nitrogens with zero attached hydrogens (tertiary/aromatic N) is 4. The smallest absolute Gasteiger partial charge is 0.369 e. The van der Waals surface area contributed by atoms with Crippen LogP contribution in [0.3, 0.4) is 0 Å². The van der Waals surface area contributed by atoms with Crippen LogP contribution in [-0.2, 0) is 6.18 Å². The number of aromatic nitrogens is 3. The van der Waals surface area contributed by atoms with Crippen LogP contribution in [0.25, 0.3) is 10.9 Å². The minimum absolute atomic E-state index is 0.00738. The molecule has 1 saturated heterocycles. The number of halogens is 4. The van der Waals surface area contributed by atoms with Gasteiger partial charge in [-0.2, -0.15) is 13.2 Å². The summed E-state index contributed by atoms with van der Waals surface area (Å²) < 4.78 is 52.2. The molecule has 5 nitrogen and oxygen atoms in total. The molecule has 9 heteroatoms. The van der Waals surface area contributed by atoms with E-state index in [2.05, 4.69) is 20.3 Å². The second kappa shape index (κ2) is 8.41. The molecular formula is C21H21F4N5. The third-order valence-corrected chi connectivity index (χ3v) is 5.45. The minimum atomic E-state index is -4.60. The van der Waals surface area contributed by atoms with Gasteiger partial charge in [-0.1, -0.05) is 12.1 Å². The molecule has 0 bridgehead atoms. The van der Waals surface area contributed by atoms with E-state index >= 15 is 0 Å². The van der Waals surface area contributed by atoms with Gasteiger partial charge in [0.25, 0.3) is 0 Å². The Labute approximate surface area is 171 Å². The number of alkyl halides is 3. The van der Waals surface area contributed by atoms with Crippen LogP contribution < -0.4 is 10.2 Å². The predicted molar refractivity (Wildman–Crippen MR) is 107 cm³/mol. The average Bonchev–Trinajstić information content (AvgIpc) is 2.74. The summed E-state index contributed by atoms with van der Waals surface area (Å²) in [6, 6.07) is 8.31. The maximum absolute atomic E-state index is 14.2. The number of fused-ring (bicyclic) bond motifs is 1. The molecule has 1 N–H and O–H groups in total. The van der Waals surface area contributed by atoms with E-state index in [0.29, 0.717) is 31.3 Å². The molecule has 0 unspecified atom stereocenters. The highest BCUT2D eigenvalue weighted by Crippen LogP contribution is 2.32. The highest BCUT2D eigenvalue weighted by Gasteiger charge is 2.32. The van der Waals surface area contributed by atoms with E-state index in [9.17, 15) is 17.6 Å². The lowest BCUT2D eigenvalue weighted by atomic mass is 9.93. The zero-order valence-electron chi connectivity index (χ0n) is 16.2. The zero-order valence-corrected chi connectivity index (χ0v) is 16.2. The standard InChI is InChI=1S/C21H21F4N5/c22-17-11-15(21(23,24)25)12-27-20(17)30-9-6-14(7-10-30)5-8-26-19-16-3-1-2-4-18(16)28-13-29-19/h1-4,11-14H,5-10H2,(H,26,28,29). The van der Waals surface area contributed by atoms with Crippen molar-refractivity contribution in [2.45, 2.75) is 25.4 Å². The molecule has 30 heavy (non-hydrogen) atoms. The van der Waals surface area contributed by atoms with E-state index in [0.717, 1.165) is 42.5 Å². The van der Waals surface area contributed by atoms with Gasteiger partial charge < -0.3 is 10.2 Å². The summed E-state index contributed by atoms with van der Waals surface area (Å²) in [5.74, 6) is 0.307. The van der Waals surface area contributed by atoms with Gasteiger partial charge in [0.1, 0.15) is 12.1 Å². The van der Waals surface area contributed by atoms with Crippen molar-refractivity contribution in [3.05, 3.63) is 54.2 Å². The molecule has 0 amide bonds. The van der Waals surface area contributed by atoms with Gasteiger partial charge in [-0.15, -0.1) is 0 Å². The first-order valence-electron chi connectivity index (χ1n) is 9.83. The third kappa shape index (κ3) is 4.44. The molecule has 0 aliphatic carbocycles. The Bertz CT molecular complexity index is 1010. The van der Waals surface area contributed by atoms with Gasteiger partial charge in [-0.25, -0.2) is 19.3 Å². The van der Waals surface area contributed by atoms with E-state index in [1.54, 1.807) is 4.90 Å². The van der Waals surface area contributed by atoms with E-state index in [1.807, 2.05) is 24.3 Å². The van der Waals surface area contributed by atoms with Crippen LogP contribution in [0.4, 0.5) is 29.2 Å². The Morgan fingerprint density at radius 3 is 2.57 bits per heavy atom. The molecule has 0 spiro atoms. The second-order valence-electron chi connectivity index (χ2n) is 7.41. The molecule has 1 aromatic carbocycles. The fourth-order valence-electron chi connectivity index (χ4n) is 3.79. The third-order valence-electron chi connectivity index (χ3n) is 5.45. The van der Waals surface area contributed by atoms with Crippen molar-refractivity contribution in [3.8, 4) is 0 Å². The van der Waals surface area contributed by atoms with Gasteiger partial charge in [-0.3, -0.25) is 0 Å². The molecule has 1 aliphatic rings. The Morgan fingerprint density at radius 2 is 1.83 bits per heavy atom. The first kappa shape index (κ1) is 20.3. The van der Waals surface area contributed by atoms with Crippen molar-refractivity contribution < 1.29 is 17.6 Å². The molecule has 1 fully saturated rings. The summed E-state index contributed by atoms with van der Waals surface area (Å²) in [5, 5.41) is 4.33. The van der Waals surface area contributed by atoms with Crippen LogP contribution in [0.1, 0.15) is 24.8 Å². The number of anilines is 2. The molecule has 158 valence electrons. The van der Waals surface area contributed by atoms with Crippen molar-refractivity contribution in [3.63, 3.8) is 0 Å². The van der Waals surface area contributed by atoms with Crippen molar-refractivity contribution in [1.82, 2.24) is 15.0 Å². The summed E-state index contributed by atoms with van der Waals surface area (Å²) in [7, 11) is 0. The zero-order chi connectivity index (χ0) is 21.1. The Morgan fingerprint density at radius 1 is 1.07 bits per heavy atom. The quantitative estimate of drug-likeness (QED) is 0.596. The lowest BCUT2D eigenvalue weighted by molar-refractivity contribution is -0.138. The Balaban J connectivity index is 1.30. The van der Waals surface area contributed by atoms with E-state index in [-0.39, 0.29) is 5.82 Å². The lowest BCUT2D eigenvalue weighted by Crippen LogP contribution is -2.35. The van der Waals surface area contributed by atoms with E-state index in [1.165, 1.54) is 6.33 Å². The van der Waals surface area contributed by atoms with Crippen molar-refractivity contribution >= 4 is 22.5 Å². The molecule has 0 radical (unpaired) electrons. The highest BCUT2D eigenvalue weighted by molar-refractivity contribution is 5.88. The molecule has 3 aromatic rings. The molecular weight excluding hydrogens is 398 g/mol. The fourth-order valence-corrected chi connectivity index (χ4v) is 3.79. The maximum atomic E-state index is 14.2. The van der Waals surface area contributed by atoms with Gasteiger partial charge in [-0.05, 0) is 43.4 Å². The van der Waals surface area contributed by atoms with Crippen LogP contribution in [0.15, 0.2) is 42.9 Å². The number of rotatable bonds is 5. The van der Waals surface area contributed by atoms with Gasteiger partial charge in [0, 0.05) is 31.2 Å². The van der Waals surface area contributed by atoms with Gasteiger partial charge in [0.05, 0.1) is 11.1 Å². The first-order chi connectivity index (χ1) is 14.4. The van der Waals surface area contributed by atoms with Crippen LogP contribution in [-0.4, -0.2) is 34.6 Å². The van der Waals surface area contributed by atoms with Gasteiger partial charge >= 0.3 is 6.18 Å². The van der Waals surface area contributed by atoms with Crippen molar-refractivity contribution in [2.75, 3.05) is 29.9 Å². The summed E-state index contributed by atoms with van der Waals surface area (Å²) >= 11 is 0. The predicted octanol–water partition coefficient (Wildman–Crippen LogP) is 4.90. The Kier molecular flexibility index (Phi) is 5.69. The normalized spacial score (nSPS) is 15.5. The number of hydrogen-bond donors (Lipinski definition) is 1. The van der Waals surface area contributed by atoms with Gasteiger partial charge in [0.15, 0.2) is 11.6 Å². The molecule has 4 rings (SSSR count). The number of nitrogens with one attached hydrogen (secondary N) is 1. The molecule has 0 atom stereocenters. The number of hydrogen-bond acceptors (Lipinski definition) is 5. The van der Waals surface area contributed by atoms with Crippen molar-refractivity contribution in [1.29, 1.82) is 0 Å².